The monoisotopic (exact) mass is 629 g/mol. The second-order valence-electron chi connectivity index (χ2n) is 11.7. The number of benzene rings is 1. The molecule has 1 aliphatic carbocycles. The summed E-state index contributed by atoms with van der Waals surface area (Å²) in [6.45, 7) is 6.28. The van der Waals surface area contributed by atoms with Crippen molar-refractivity contribution in [1.82, 2.24) is 20.6 Å². The summed E-state index contributed by atoms with van der Waals surface area (Å²) in [6.07, 6.45) is -0.278. The van der Waals surface area contributed by atoms with Crippen molar-refractivity contribution in [3.63, 3.8) is 0 Å². The molecule has 12 heteroatoms. The number of halogens is 4. The summed E-state index contributed by atoms with van der Waals surface area (Å²) in [7, 11) is 0. The molecular formula is C32H35ClF3N5O3. The molecule has 2 aliphatic heterocycles. The Morgan fingerprint density at radius 1 is 1.18 bits per heavy atom. The predicted molar refractivity (Wildman–Crippen MR) is 161 cm³/mol. The molecule has 0 radical (unpaired) electrons. The lowest BCUT2D eigenvalue weighted by molar-refractivity contribution is -0.137. The van der Waals surface area contributed by atoms with Crippen molar-refractivity contribution in [2.24, 2.45) is 5.41 Å². The zero-order chi connectivity index (χ0) is 31.1. The van der Waals surface area contributed by atoms with Gasteiger partial charge < -0.3 is 25.0 Å². The van der Waals surface area contributed by atoms with E-state index in [2.05, 4.69) is 15.6 Å². The van der Waals surface area contributed by atoms with Gasteiger partial charge in [-0.25, -0.2) is 9.97 Å². The van der Waals surface area contributed by atoms with Crippen LogP contribution in [0.15, 0.2) is 48.7 Å². The highest BCUT2D eigenvalue weighted by Crippen LogP contribution is 2.58. The lowest BCUT2D eigenvalue weighted by atomic mass is 9.55. The highest BCUT2D eigenvalue weighted by Gasteiger charge is 2.60. The smallest absolute Gasteiger partial charge is 0.419 e. The van der Waals surface area contributed by atoms with E-state index >= 15 is 0 Å². The van der Waals surface area contributed by atoms with Gasteiger partial charge in [0.25, 0.3) is 5.91 Å². The summed E-state index contributed by atoms with van der Waals surface area (Å²) < 4.78 is 53.8. The largest absolute Gasteiger partial charge is 0.488 e. The fourth-order valence-electron chi connectivity index (χ4n) is 6.95. The van der Waals surface area contributed by atoms with Gasteiger partial charge in [0.05, 0.1) is 34.1 Å². The van der Waals surface area contributed by atoms with Crippen molar-refractivity contribution >= 4 is 23.2 Å². The van der Waals surface area contributed by atoms with Gasteiger partial charge in [0.2, 0.25) is 5.88 Å². The number of alkyl halides is 3. The van der Waals surface area contributed by atoms with Crippen molar-refractivity contribution in [2.45, 2.75) is 63.9 Å². The summed E-state index contributed by atoms with van der Waals surface area (Å²) in [5.74, 6) is 0.475. The summed E-state index contributed by atoms with van der Waals surface area (Å²) >= 11 is 6.01. The third-order valence-corrected chi connectivity index (χ3v) is 9.21. The summed E-state index contributed by atoms with van der Waals surface area (Å²) in [5.41, 5.74) is 0.544. The molecule has 4 heterocycles. The number of anilines is 1. The molecule has 1 unspecified atom stereocenters. The average Bonchev–Trinajstić information content (AvgIpc) is 3.47. The number of aromatic nitrogens is 2. The van der Waals surface area contributed by atoms with Crippen molar-refractivity contribution in [3.05, 3.63) is 64.9 Å². The van der Waals surface area contributed by atoms with Gasteiger partial charge in [0.1, 0.15) is 6.10 Å². The number of pyridine rings is 2. The Balaban J connectivity index is 1.22. The van der Waals surface area contributed by atoms with Crippen LogP contribution in [0.1, 0.15) is 55.6 Å². The number of hydrogen-bond donors (Lipinski definition) is 2. The Hall–Kier alpha value is -3.57. The predicted octanol–water partition coefficient (Wildman–Crippen LogP) is 6.13. The molecule has 0 bridgehead atoms. The highest BCUT2D eigenvalue weighted by molar-refractivity contribution is 6.31. The number of amides is 1. The SMILES string of the molecule is CCOc1ncccc1-c1ccc(OC2CC3(C2)CN(c2cccc(Cl)c2C(F)(F)F)C3CC)c(C(=O)N[C@@H]2CCNC2)n1. The van der Waals surface area contributed by atoms with Crippen LogP contribution in [-0.2, 0) is 6.18 Å². The van der Waals surface area contributed by atoms with Gasteiger partial charge in [-0.05, 0) is 75.5 Å². The second kappa shape index (κ2) is 12.1. The maximum atomic E-state index is 13.9. The molecule has 1 saturated carbocycles. The van der Waals surface area contributed by atoms with Gasteiger partial charge in [0, 0.05) is 36.8 Å². The summed E-state index contributed by atoms with van der Waals surface area (Å²) in [5, 5.41) is 6.02. The fourth-order valence-corrected chi connectivity index (χ4v) is 7.22. The molecule has 1 aromatic carbocycles. The maximum absolute atomic E-state index is 13.9. The van der Waals surface area contributed by atoms with E-state index in [0.717, 1.165) is 13.0 Å². The number of carbonyl (C=O) groups is 1. The number of ether oxygens (including phenoxy) is 2. The van der Waals surface area contributed by atoms with E-state index in [0.29, 0.717) is 61.8 Å². The molecule has 2 N–H and O–H groups in total. The number of hydrogen-bond acceptors (Lipinski definition) is 7. The van der Waals surface area contributed by atoms with E-state index in [-0.39, 0.29) is 45.9 Å². The second-order valence-corrected chi connectivity index (χ2v) is 12.1. The topological polar surface area (TPSA) is 88.6 Å². The zero-order valence-corrected chi connectivity index (χ0v) is 25.3. The molecule has 3 fully saturated rings. The Morgan fingerprint density at radius 2 is 2.00 bits per heavy atom. The molecule has 2 saturated heterocycles. The van der Waals surface area contributed by atoms with Gasteiger partial charge in [-0.15, -0.1) is 0 Å². The molecule has 1 spiro atoms. The van der Waals surface area contributed by atoms with Crippen LogP contribution in [0.2, 0.25) is 5.02 Å². The first-order chi connectivity index (χ1) is 21.1. The highest BCUT2D eigenvalue weighted by atomic mass is 35.5. The van der Waals surface area contributed by atoms with E-state index < -0.39 is 11.7 Å². The lowest BCUT2D eigenvalue weighted by Gasteiger charge is -2.65. The van der Waals surface area contributed by atoms with Gasteiger partial charge >= 0.3 is 6.18 Å². The van der Waals surface area contributed by atoms with Crippen LogP contribution in [0.5, 0.6) is 11.6 Å². The summed E-state index contributed by atoms with van der Waals surface area (Å²) in [6, 6.07) is 11.4. The van der Waals surface area contributed by atoms with Crippen molar-refractivity contribution in [1.29, 1.82) is 0 Å². The maximum Gasteiger partial charge on any atom is 0.419 e. The van der Waals surface area contributed by atoms with Crippen LogP contribution in [0, 0.1) is 5.41 Å². The van der Waals surface area contributed by atoms with E-state index in [9.17, 15) is 18.0 Å². The Labute approximate surface area is 259 Å². The summed E-state index contributed by atoms with van der Waals surface area (Å²) in [4.78, 5) is 24.4. The molecule has 8 nitrogen and oxygen atoms in total. The number of carbonyl (C=O) groups excluding carboxylic acids is 1. The quantitative estimate of drug-likeness (QED) is 0.294. The van der Waals surface area contributed by atoms with E-state index in [1.54, 1.807) is 30.5 Å². The van der Waals surface area contributed by atoms with Crippen LogP contribution >= 0.6 is 11.6 Å². The van der Waals surface area contributed by atoms with Gasteiger partial charge in [-0.2, -0.15) is 13.2 Å². The lowest BCUT2D eigenvalue weighted by Crippen LogP contribution is -2.71. The minimum atomic E-state index is -4.55. The third-order valence-electron chi connectivity index (χ3n) is 8.90. The molecule has 6 rings (SSSR count). The number of nitrogens with one attached hydrogen (secondary N) is 2. The van der Waals surface area contributed by atoms with Crippen molar-refractivity contribution < 1.29 is 27.4 Å². The van der Waals surface area contributed by atoms with Crippen molar-refractivity contribution in [3.8, 4) is 22.9 Å². The Bertz CT molecular complexity index is 1530. The normalized spacial score (nSPS) is 24.5. The standard InChI is InChI=1S/C32H35ClF3N5O3/c1-3-26-31(18-41(26)24-9-5-8-22(33)27(24)32(34,35)36)15-20(16-31)44-25-11-10-23(21-7-6-13-38-30(21)43-4-2)40-28(25)29(42)39-19-12-14-37-17-19/h5-11,13,19-20,26,37H,3-4,12,14-18H2,1-2H3,(H,39,42)/t19-,20?,26?,31?/m1/s1. The van der Waals surface area contributed by atoms with Crippen molar-refractivity contribution in [2.75, 3.05) is 31.1 Å². The molecule has 2 aromatic heterocycles. The zero-order valence-electron chi connectivity index (χ0n) is 24.6. The first-order valence-corrected chi connectivity index (χ1v) is 15.4. The molecule has 44 heavy (non-hydrogen) atoms. The van der Waals surface area contributed by atoms with E-state index in [4.69, 9.17) is 26.1 Å². The van der Waals surface area contributed by atoms with E-state index in [1.807, 2.05) is 24.8 Å². The Kier molecular flexibility index (Phi) is 8.36. The van der Waals surface area contributed by atoms with Crippen LogP contribution in [-0.4, -0.2) is 60.3 Å². The fraction of sp³-hybridized carbons (Fsp3) is 0.469. The molecule has 3 aromatic rings. The van der Waals surface area contributed by atoms with Gasteiger partial charge in [-0.3, -0.25) is 4.79 Å². The molecule has 1 amide bonds. The van der Waals surface area contributed by atoms with Gasteiger partial charge in [0.15, 0.2) is 11.4 Å². The molecule has 3 aliphatic rings. The number of nitrogens with zero attached hydrogens (tertiary/aromatic N) is 3. The van der Waals surface area contributed by atoms with E-state index in [1.165, 1.54) is 12.1 Å². The van der Waals surface area contributed by atoms with Crippen LogP contribution in [0.4, 0.5) is 18.9 Å². The third kappa shape index (κ3) is 5.67. The minimum Gasteiger partial charge on any atom is -0.488 e. The first-order valence-electron chi connectivity index (χ1n) is 15.0. The molecule has 234 valence electrons. The Morgan fingerprint density at radius 3 is 2.70 bits per heavy atom. The minimum absolute atomic E-state index is 0.00972. The molecule has 2 atom stereocenters. The van der Waals surface area contributed by atoms with Gasteiger partial charge in [-0.1, -0.05) is 24.6 Å². The molecular weight excluding hydrogens is 595 g/mol. The van der Waals surface area contributed by atoms with Crippen LogP contribution in [0.3, 0.4) is 0 Å². The van der Waals surface area contributed by atoms with Crippen LogP contribution < -0.4 is 25.0 Å². The number of rotatable bonds is 9. The average molecular weight is 630 g/mol. The van der Waals surface area contributed by atoms with Crippen LogP contribution in [0.25, 0.3) is 11.3 Å². The first kappa shape index (κ1) is 30.5.